The van der Waals surface area contributed by atoms with E-state index in [9.17, 15) is 9.18 Å². The molecule has 0 aliphatic carbocycles. The van der Waals surface area contributed by atoms with Gasteiger partial charge in [0, 0.05) is 0 Å². The first-order valence-electron chi connectivity index (χ1n) is 9.99. The minimum Gasteiger partial charge on any atom is -0.479 e. The first-order valence-corrected chi connectivity index (χ1v) is 9.99. The Morgan fingerprint density at radius 1 is 0.696 bits per heavy atom. The first-order chi connectivity index (χ1) is 11.1. The molecule has 0 aromatic heterocycles. The van der Waals surface area contributed by atoms with Gasteiger partial charge in [0.1, 0.15) is 0 Å². The fourth-order valence-corrected chi connectivity index (χ4v) is 3.06. The topological polar surface area (TPSA) is 37.3 Å². The first kappa shape index (κ1) is 22.4. The van der Waals surface area contributed by atoms with Crippen LogP contribution in [-0.4, -0.2) is 16.7 Å². The maximum Gasteiger partial charge on any atom is 0.341 e. The van der Waals surface area contributed by atoms with Crippen LogP contribution in [0.2, 0.25) is 0 Å². The van der Waals surface area contributed by atoms with Gasteiger partial charge in [-0.05, 0) is 25.7 Å². The van der Waals surface area contributed by atoms with Gasteiger partial charge in [0.15, 0.2) is 0 Å². The molecular weight excluding hydrogens is 291 g/mol. The lowest BCUT2D eigenvalue weighted by Gasteiger charge is -2.20. The zero-order valence-corrected chi connectivity index (χ0v) is 15.5. The monoisotopic (exact) mass is 330 g/mol. The quantitative estimate of drug-likeness (QED) is 0.290. The Kier molecular flexibility index (Phi) is 14.6. The number of halogens is 1. The zero-order valence-electron chi connectivity index (χ0n) is 15.5. The number of unbranched alkanes of at least 4 members (excludes halogenated alkanes) is 12. The minimum absolute atomic E-state index is 0.175. The summed E-state index contributed by atoms with van der Waals surface area (Å²) in [5.41, 5.74) is -1.99. The molecule has 3 heteroatoms. The fourth-order valence-electron chi connectivity index (χ4n) is 3.06. The average molecular weight is 331 g/mol. The molecule has 138 valence electrons. The maximum absolute atomic E-state index is 14.4. The Bertz CT molecular complexity index is 281. The smallest absolute Gasteiger partial charge is 0.341 e. The summed E-state index contributed by atoms with van der Waals surface area (Å²) < 4.78 is 14.4. The highest BCUT2D eigenvalue weighted by molar-refractivity contribution is 5.77. The largest absolute Gasteiger partial charge is 0.479 e. The van der Waals surface area contributed by atoms with Crippen molar-refractivity contribution >= 4 is 5.97 Å². The number of aliphatic carboxylic acids is 1. The van der Waals surface area contributed by atoms with Crippen molar-refractivity contribution in [2.45, 2.75) is 122 Å². The molecule has 2 nitrogen and oxygen atoms in total. The summed E-state index contributed by atoms with van der Waals surface area (Å²) in [5.74, 6) is -1.26. The molecule has 1 N–H and O–H groups in total. The van der Waals surface area contributed by atoms with Gasteiger partial charge in [-0.25, -0.2) is 9.18 Å². The molecule has 0 fully saturated rings. The van der Waals surface area contributed by atoms with Crippen molar-refractivity contribution in [2.75, 3.05) is 0 Å². The second kappa shape index (κ2) is 15.0. The molecule has 1 unspecified atom stereocenters. The molecule has 0 aromatic rings. The van der Waals surface area contributed by atoms with E-state index >= 15 is 0 Å². The van der Waals surface area contributed by atoms with Crippen LogP contribution in [0.3, 0.4) is 0 Å². The highest BCUT2D eigenvalue weighted by atomic mass is 19.1. The molecular formula is C20H39FO2. The number of alkyl halides is 1. The summed E-state index contributed by atoms with van der Waals surface area (Å²) >= 11 is 0. The molecule has 0 rings (SSSR count). The Hall–Kier alpha value is -0.600. The zero-order chi connectivity index (χ0) is 17.4. The van der Waals surface area contributed by atoms with Crippen LogP contribution < -0.4 is 0 Å². The average Bonchev–Trinajstić information content (AvgIpc) is 2.52. The van der Waals surface area contributed by atoms with Crippen LogP contribution in [0.1, 0.15) is 117 Å². The van der Waals surface area contributed by atoms with Crippen LogP contribution in [-0.2, 0) is 4.79 Å². The number of hydrogen-bond acceptors (Lipinski definition) is 1. The van der Waals surface area contributed by atoms with E-state index in [2.05, 4.69) is 6.92 Å². The third-order valence-electron chi connectivity index (χ3n) is 4.74. The SMILES string of the molecule is CCCCCCCCCCCCCC(F)(CCCCC)C(=O)O. The van der Waals surface area contributed by atoms with Crippen LogP contribution in [0.25, 0.3) is 0 Å². The Balaban J connectivity index is 3.57. The lowest BCUT2D eigenvalue weighted by molar-refractivity contribution is -0.152. The number of hydrogen-bond donors (Lipinski definition) is 1. The summed E-state index contributed by atoms with van der Waals surface area (Å²) in [5, 5.41) is 9.12. The maximum atomic E-state index is 14.4. The number of carboxylic acid groups (broad SMARTS) is 1. The molecule has 0 aliphatic rings. The van der Waals surface area contributed by atoms with Crippen LogP contribution in [0, 0.1) is 0 Å². The van der Waals surface area contributed by atoms with E-state index in [0.717, 1.165) is 25.7 Å². The molecule has 23 heavy (non-hydrogen) atoms. The van der Waals surface area contributed by atoms with E-state index in [-0.39, 0.29) is 12.8 Å². The summed E-state index contributed by atoms with van der Waals surface area (Å²) in [6.45, 7) is 4.28. The van der Waals surface area contributed by atoms with Gasteiger partial charge in [-0.2, -0.15) is 0 Å². The number of carboxylic acids is 1. The van der Waals surface area contributed by atoms with Crippen molar-refractivity contribution in [3.63, 3.8) is 0 Å². The third kappa shape index (κ3) is 12.5. The summed E-state index contributed by atoms with van der Waals surface area (Å²) in [7, 11) is 0. The van der Waals surface area contributed by atoms with Crippen LogP contribution in [0.5, 0.6) is 0 Å². The van der Waals surface area contributed by atoms with Gasteiger partial charge in [0.2, 0.25) is 5.67 Å². The van der Waals surface area contributed by atoms with E-state index in [1.165, 1.54) is 51.4 Å². The van der Waals surface area contributed by atoms with Crippen LogP contribution in [0.4, 0.5) is 4.39 Å². The summed E-state index contributed by atoms with van der Waals surface area (Å²) in [6.07, 6.45) is 16.2. The molecule has 0 radical (unpaired) electrons. The number of carbonyl (C=O) groups is 1. The molecule has 0 aromatic carbocycles. The van der Waals surface area contributed by atoms with Crippen molar-refractivity contribution in [1.82, 2.24) is 0 Å². The minimum atomic E-state index is -1.99. The Labute approximate surface area is 143 Å². The van der Waals surface area contributed by atoms with Gasteiger partial charge in [-0.15, -0.1) is 0 Å². The molecule has 0 saturated carbocycles. The van der Waals surface area contributed by atoms with Crippen molar-refractivity contribution in [3.8, 4) is 0 Å². The molecule has 0 aliphatic heterocycles. The Morgan fingerprint density at radius 2 is 1.00 bits per heavy atom. The normalized spacial score (nSPS) is 13.9. The van der Waals surface area contributed by atoms with E-state index in [0.29, 0.717) is 12.8 Å². The predicted molar refractivity (Wildman–Crippen MR) is 96.7 cm³/mol. The van der Waals surface area contributed by atoms with Crippen LogP contribution >= 0.6 is 0 Å². The van der Waals surface area contributed by atoms with Gasteiger partial charge in [-0.1, -0.05) is 90.9 Å². The molecule has 0 amide bonds. The lowest BCUT2D eigenvalue weighted by atomic mass is 9.91. The van der Waals surface area contributed by atoms with Crippen molar-refractivity contribution in [3.05, 3.63) is 0 Å². The van der Waals surface area contributed by atoms with E-state index in [1.54, 1.807) is 0 Å². The van der Waals surface area contributed by atoms with Gasteiger partial charge >= 0.3 is 5.97 Å². The van der Waals surface area contributed by atoms with Gasteiger partial charge in [-0.3, -0.25) is 0 Å². The molecule has 0 bridgehead atoms. The van der Waals surface area contributed by atoms with Crippen LogP contribution in [0.15, 0.2) is 0 Å². The fraction of sp³-hybridized carbons (Fsp3) is 0.950. The van der Waals surface area contributed by atoms with E-state index in [1.807, 2.05) is 6.92 Å². The van der Waals surface area contributed by atoms with Gasteiger partial charge < -0.3 is 5.11 Å². The highest BCUT2D eigenvalue weighted by Gasteiger charge is 2.37. The van der Waals surface area contributed by atoms with Gasteiger partial charge in [0.25, 0.3) is 0 Å². The summed E-state index contributed by atoms with van der Waals surface area (Å²) in [4.78, 5) is 11.2. The van der Waals surface area contributed by atoms with Crippen molar-refractivity contribution in [1.29, 1.82) is 0 Å². The lowest BCUT2D eigenvalue weighted by Crippen LogP contribution is -2.33. The number of rotatable bonds is 17. The molecule has 0 heterocycles. The van der Waals surface area contributed by atoms with Gasteiger partial charge in [0.05, 0.1) is 0 Å². The summed E-state index contributed by atoms with van der Waals surface area (Å²) in [6, 6.07) is 0. The third-order valence-corrected chi connectivity index (χ3v) is 4.74. The van der Waals surface area contributed by atoms with Crippen molar-refractivity contribution in [2.24, 2.45) is 0 Å². The molecule has 0 spiro atoms. The van der Waals surface area contributed by atoms with E-state index in [4.69, 9.17) is 5.11 Å². The van der Waals surface area contributed by atoms with Crippen molar-refractivity contribution < 1.29 is 14.3 Å². The highest BCUT2D eigenvalue weighted by Crippen LogP contribution is 2.27. The second-order valence-electron chi connectivity index (χ2n) is 7.01. The standard InChI is InChI=1S/C20H39FO2/c1-3-5-7-8-9-10-11-12-13-14-16-18-20(21,19(22)23)17-15-6-4-2/h3-18H2,1-2H3,(H,22,23). The predicted octanol–water partition coefficient (Wildman–Crippen LogP) is 7.06. The van der Waals surface area contributed by atoms with E-state index < -0.39 is 11.6 Å². The molecule has 1 atom stereocenters. The Morgan fingerprint density at radius 3 is 1.39 bits per heavy atom. The second-order valence-corrected chi connectivity index (χ2v) is 7.01. The molecule has 0 saturated heterocycles.